The van der Waals surface area contributed by atoms with E-state index in [-0.39, 0.29) is 6.54 Å². The molecule has 1 aliphatic rings. The number of nitrogens with zero attached hydrogens (tertiary/aromatic N) is 1. The molecule has 0 bridgehead atoms. The summed E-state index contributed by atoms with van der Waals surface area (Å²) in [5.41, 5.74) is 0. The highest BCUT2D eigenvalue weighted by Gasteiger charge is 2.23. The number of carbonyl (C=O) groups is 1. The van der Waals surface area contributed by atoms with Crippen molar-refractivity contribution in [3.63, 3.8) is 0 Å². The van der Waals surface area contributed by atoms with E-state index in [0.29, 0.717) is 0 Å². The summed E-state index contributed by atoms with van der Waals surface area (Å²) in [5.74, 6) is 0. The SMILES string of the molecule is O=C(O)[N+]1([O-])C=CC=CC1. The highest BCUT2D eigenvalue weighted by atomic mass is 16.6. The number of quaternary nitrogens is 1. The molecule has 4 heteroatoms. The van der Waals surface area contributed by atoms with Crippen LogP contribution in [0, 0.1) is 5.21 Å². The molecular weight excluding hydrogens is 134 g/mol. The van der Waals surface area contributed by atoms with Crippen molar-refractivity contribution in [1.82, 2.24) is 0 Å². The maximum absolute atomic E-state index is 11.0. The summed E-state index contributed by atoms with van der Waals surface area (Å²) in [6, 6.07) is 0. The molecule has 0 fully saturated rings. The minimum Gasteiger partial charge on any atom is -0.617 e. The summed E-state index contributed by atoms with van der Waals surface area (Å²) in [6.45, 7) is -0.0220. The van der Waals surface area contributed by atoms with Gasteiger partial charge in [0.05, 0.1) is 0 Å². The third-order valence-electron chi connectivity index (χ3n) is 1.27. The molecule has 0 saturated heterocycles. The van der Waals surface area contributed by atoms with Gasteiger partial charge in [-0.1, -0.05) is 6.08 Å². The highest BCUT2D eigenvalue weighted by molar-refractivity contribution is 5.58. The zero-order chi connectivity index (χ0) is 7.61. The average Bonchev–Trinajstić information content (AvgIpc) is 1.89. The fourth-order valence-electron chi connectivity index (χ4n) is 0.687. The largest absolute Gasteiger partial charge is 0.617 e. The number of rotatable bonds is 0. The number of hydrogen-bond acceptors (Lipinski definition) is 2. The van der Waals surface area contributed by atoms with E-state index in [0.717, 1.165) is 6.20 Å². The topological polar surface area (TPSA) is 60.4 Å². The first kappa shape index (κ1) is 6.98. The van der Waals surface area contributed by atoms with Crippen molar-refractivity contribution in [1.29, 1.82) is 0 Å². The Labute approximate surface area is 57.9 Å². The fourth-order valence-corrected chi connectivity index (χ4v) is 0.687. The molecule has 54 valence electrons. The second-order valence-electron chi connectivity index (χ2n) is 2.03. The first-order valence-electron chi connectivity index (χ1n) is 2.82. The Morgan fingerprint density at radius 3 is 2.60 bits per heavy atom. The van der Waals surface area contributed by atoms with E-state index in [2.05, 4.69) is 0 Å². The maximum atomic E-state index is 11.0. The number of amides is 1. The summed E-state index contributed by atoms with van der Waals surface area (Å²) in [6.07, 6.45) is 4.34. The summed E-state index contributed by atoms with van der Waals surface area (Å²) in [4.78, 5) is 10.3. The van der Waals surface area contributed by atoms with Gasteiger partial charge in [0.25, 0.3) is 0 Å². The van der Waals surface area contributed by atoms with Gasteiger partial charge in [-0.05, 0) is 12.2 Å². The van der Waals surface area contributed by atoms with Gasteiger partial charge in [0.2, 0.25) is 0 Å². The van der Waals surface area contributed by atoms with Crippen LogP contribution in [0.1, 0.15) is 0 Å². The summed E-state index contributed by atoms with van der Waals surface area (Å²) in [7, 11) is 0. The number of hydroxylamine groups is 3. The molecule has 0 saturated carbocycles. The molecule has 0 aliphatic carbocycles. The lowest BCUT2D eigenvalue weighted by atomic mass is 10.3. The van der Waals surface area contributed by atoms with Gasteiger partial charge in [-0.15, -0.1) is 0 Å². The molecule has 10 heavy (non-hydrogen) atoms. The van der Waals surface area contributed by atoms with Gasteiger partial charge >= 0.3 is 6.09 Å². The summed E-state index contributed by atoms with van der Waals surface area (Å²) in [5, 5.41) is 19.4. The van der Waals surface area contributed by atoms with Crippen molar-refractivity contribution < 1.29 is 14.5 Å². The Hall–Kier alpha value is -1.13. The average molecular weight is 141 g/mol. The summed E-state index contributed by atoms with van der Waals surface area (Å²) >= 11 is 0. The van der Waals surface area contributed by atoms with Crippen molar-refractivity contribution in [2.24, 2.45) is 0 Å². The van der Waals surface area contributed by atoms with Gasteiger partial charge in [0, 0.05) is 0 Å². The molecule has 4 nitrogen and oxygen atoms in total. The zero-order valence-electron chi connectivity index (χ0n) is 5.23. The van der Waals surface area contributed by atoms with E-state index in [4.69, 9.17) is 5.11 Å². The van der Waals surface area contributed by atoms with Crippen LogP contribution >= 0.6 is 0 Å². The molecule has 1 atom stereocenters. The number of allylic oxidation sites excluding steroid dienone is 2. The van der Waals surface area contributed by atoms with E-state index in [1.165, 1.54) is 12.2 Å². The van der Waals surface area contributed by atoms with E-state index < -0.39 is 10.7 Å². The van der Waals surface area contributed by atoms with Crippen LogP contribution in [-0.4, -0.2) is 22.4 Å². The minimum absolute atomic E-state index is 0.0220. The van der Waals surface area contributed by atoms with Crippen molar-refractivity contribution in [2.45, 2.75) is 0 Å². The second-order valence-corrected chi connectivity index (χ2v) is 2.03. The van der Waals surface area contributed by atoms with Crippen molar-refractivity contribution in [3.05, 3.63) is 29.6 Å². The molecule has 1 rings (SSSR count). The Kier molecular flexibility index (Phi) is 1.57. The molecule has 0 aromatic rings. The van der Waals surface area contributed by atoms with Crippen LogP contribution in [0.3, 0.4) is 0 Å². The predicted octanol–water partition coefficient (Wildman–Crippen LogP) is 1.06. The standard InChI is InChI=1S/C6H7NO3/c8-6(9)7(10)4-2-1-3-5-7/h1-4H,5H2,(H,8,9). The molecule has 1 aliphatic heterocycles. The fraction of sp³-hybridized carbons (Fsp3) is 0.167. The van der Waals surface area contributed by atoms with Gasteiger partial charge in [0.15, 0.2) is 0 Å². The van der Waals surface area contributed by atoms with E-state index >= 15 is 0 Å². The molecule has 0 aromatic heterocycles. The van der Waals surface area contributed by atoms with Gasteiger partial charge in [-0.25, -0.2) is 4.65 Å². The second kappa shape index (κ2) is 2.24. The van der Waals surface area contributed by atoms with E-state index in [1.807, 2.05) is 0 Å². The Balaban J connectivity index is 2.80. The molecule has 1 heterocycles. The maximum Gasteiger partial charge on any atom is 0.518 e. The van der Waals surface area contributed by atoms with Crippen LogP contribution < -0.4 is 0 Å². The quantitative estimate of drug-likeness (QED) is 0.405. The van der Waals surface area contributed by atoms with Crippen molar-refractivity contribution in [3.8, 4) is 0 Å². The monoisotopic (exact) mass is 141 g/mol. The first-order chi connectivity index (χ1) is 4.65. The predicted molar refractivity (Wildman–Crippen MR) is 34.8 cm³/mol. The third kappa shape index (κ3) is 1.07. The minimum atomic E-state index is -1.37. The van der Waals surface area contributed by atoms with Crippen molar-refractivity contribution in [2.75, 3.05) is 6.54 Å². The van der Waals surface area contributed by atoms with Gasteiger partial charge in [0.1, 0.15) is 12.7 Å². The lowest BCUT2D eigenvalue weighted by Crippen LogP contribution is -2.42. The van der Waals surface area contributed by atoms with Crippen LogP contribution in [-0.2, 0) is 0 Å². The number of hydrogen-bond donors (Lipinski definition) is 1. The Morgan fingerprint density at radius 2 is 2.30 bits per heavy atom. The lowest BCUT2D eigenvalue weighted by Gasteiger charge is -2.31. The van der Waals surface area contributed by atoms with Gasteiger partial charge in [-0.2, -0.15) is 4.79 Å². The van der Waals surface area contributed by atoms with Crippen LogP contribution in [0.5, 0.6) is 0 Å². The molecule has 0 radical (unpaired) electrons. The zero-order valence-corrected chi connectivity index (χ0v) is 5.23. The van der Waals surface area contributed by atoms with Crippen LogP contribution in [0.2, 0.25) is 0 Å². The molecule has 1 amide bonds. The smallest absolute Gasteiger partial charge is 0.518 e. The van der Waals surface area contributed by atoms with Crippen LogP contribution in [0.15, 0.2) is 24.4 Å². The Bertz CT molecular complexity index is 209. The number of carboxylic acid groups (broad SMARTS) is 1. The Morgan fingerprint density at radius 1 is 1.60 bits per heavy atom. The van der Waals surface area contributed by atoms with E-state index in [9.17, 15) is 10.0 Å². The van der Waals surface area contributed by atoms with Crippen LogP contribution in [0.4, 0.5) is 4.79 Å². The molecular formula is C6H7NO3. The molecule has 1 N–H and O–H groups in total. The molecule has 0 spiro atoms. The van der Waals surface area contributed by atoms with Gasteiger partial charge < -0.3 is 10.3 Å². The van der Waals surface area contributed by atoms with Gasteiger partial charge in [-0.3, -0.25) is 0 Å². The third-order valence-corrected chi connectivity index (χ3v) is 1.27. The first-order valence-corrected chi connectivity index (χ1v) is 2.82. The van der Waals surface area contributed by atoms with Crippen molar-refractivity contribution >= 4 is 6.09 Å². The van der Waals surface area contributed by atoms with E-state index in [1.54, 1.807) is 6.08 Å². The highest BCUT2D eigenvalue weighted by Crippen LogP contribution is 2.10. The molecule has 0 aromatic carbocycles. The molecule has 1 unspecified atom stereocenters. The lowest BCUT2D eigenvalue weighted by molar-refractivity contribution is -0.746. The normalized spacial score (nSPS) is 30.5. The summed E-state index contributed by atoms with van der Waals surface area (Å²) < 4.78 is -1.30. The van der Waals surface area contributed by atoms with Crippen LogP contribution in [0.25, 0.3) is 0 Å².